The number of nitrogens with two attached hydrogens (primary N) is 1. The molecule has 2 aromatic heterocycles. The average Bonchev–Trinajstić information content (AvgIpc) is 2.92. The van der Waals surface area contributed by atoms with Gasteiger partial charge in [0.15, 0.2) is 0 Å². The Morgan fingerprint density at radius 2 is 2.10 bits per heavy atom. The number of fused-ring (bicyclic) bond motifs is 1. The zero-order valence-corrected chi connectivity index (χ0v) is 14.2. The van der Waals surface area contributed by atoms with Crippen molar-refractivity contribution in [3.63, 3.8) is 0 Å². The lowest BCUT2D eigenvalue weighted by atomic mass is 10.1. The van der Waals surface area contributed by atoms with E-state index in [4.69, 9.17) is 10.3 Å². The van der Waals surface area contributed by atoms with E-state index >= 15 is 0 Å². The van der Waals surface area contributed by atoms with Crippen LogP contribution in [0, 0.1) is 0 Å². The van der Waals surface area contributed by atoms with Gasteiger partial charge in [-0.3, -0.25) is 10.8 Å². The summed E-state index contributed by atoms with van der Waals surface area (Å²) in [5.41, 5.74) is 4.58. The zero-order chi connectivity index (χ0) is 14.8. The number of pyridine rings is 1. The second-order valence-electron chi connectivity index (χ2n) is 4.70. The Balaban J connectivity index is 1.90. The fourth-order valence-corrected chi connectivity index (χ4v) is 2.89. The monoisotopic (exact) mass is 409 g/mol. The quantitative estimate of drug-likeness (QED) is 0.502. The highest BCUT2D eigenvalue weighted by atomic mass is 79.9. The summed E-state index contributed by atoms with van der Waals surface area (Å²) >= 11 is 6.87. The molecule has 108 valence electrons. The predicted octanol–water partition coefficient (Wildman–Crippen LogP) is 4.10. The van der Waals surface area contributed by atoms with Crippen LogP contribution >= 0.6 is 31.9 Å². The molecule has 0 aliphatic rings. The maximum atomic E-state index is 5.92. The standard InChI is InChI=1S/C15H13Br2N3O/c16-10-4-5-11(19-8-10)7-13(20-18)14-6-9-2-1-3-12(17)15(9)21-14/h1-6,8,13,20H,7,18H2. The topological polar surface area (TPSA) is 64.1 Å². The molecule has 0 amide bonds. The molecule has 2 heterocycles. The highest BCUT2D eigenvalue weighted by Crippen LogP contribution is 2.30. The van der Waals surface area contributed by atoms with E-state index in [-0.39, 0.29) is 6.04 Å². The van der Waals surface area contributed by atoms with Gasteiger partial charge in [0.05, 0.1) is 10.5 Å². The molecule has 3 aromatic rings. The molecule has 21 heavy (non-hydrogen) atoms. The van der Waals surface area contributed by atoms with E-state index in [0.29, 0.717) is 6.42 Å². The van der Waals surface area contributed by atoms with Gasteiger partial charge in [0.1, 0.15) is 11.3 Å². The van der Waals surface area contributed by atoms with E-state index in [1.54, 1.807) is 6.20 Å². The number of aromatic nitrogens is 1. The third-order valence-corrected chi connectivity index (χ3v) is 4.36. The first-order chi connectivity index (χ1) is 10.2. The molecule has 1 aromatic carbocycles. The minimum absolute atomic E-state index is 0.127. The molecule has 3 rings (SSSR count). The van der Waals surface area contributed by atoms with E-state index in [1.807, 2.05) is 36.4 Å². The average molecular weight is 411 g/mol. The second-order valence-corrected chi connectivity index (χ2v) is 6.47. The van der Waals surface area contributed by atoms with Crippen LogP contribution in [0.5, 0.6) is 0 Å². The van der Waals surface area contributed by atoms with Gasteiger partial charge >= 0.3 is 0 Å². The predicted molar refractivity (Wildman–Crippen MR) is 89.6 cm³/mol. The smallest absolute Gasteiger partial charge is 0.148 e. The van der Waals surface area contributed by atoms with Crippen molar-refractivity contribution in [2.75, 3.05) is 0 Å². The number of nitrogens with zero attached hydrogens (tertiary/aromatic N) is 1. The van der Waals surface area contributed by atoms with Gasteiger partial charge in [0.25, 0.3) is 0 Å². The van der Waals surface area contributed by atoms with Gasteiger partial charge in [-0.1, -0.05) is 12.1 Å². The molecule has 4 nitrogen and oxygen atoms in total. The molecule has 0 saturated carbocycles. The van der Waals surface area contributed by atoms with Gasteiger partial charge in [-0.15, -0.1) is 0 Å². The summed E-state index contributed by atoms with van der Waals surface area (Å²) in [4.78, 5) is 4.37. The Labute approximate surface area is 139 Å². The van der Waals surface area contributed by atoms with Crippen molar-refractivity contribution in [1.29, 1.82) is 0 Å². The van der Waals surface area contributed by atoms with Crippen molar-refractivity contribution in [3.05, 3.63) is 63.0 Å². The Hall–Kier alpha value is -1.21. The lowest BCUT2D eigenvalue weighted by molar-refractivity contribution is 0.431. The summed E-state index contributed by atoms with van der Waals surface area (Å²) in [5.74, 6) is 6.48. The Kier molecular flexibility index (Phi) is 4.40. The van der Waals surface area contributed by atoms with E-state index in [0.717, 1.165) is 31.4 Å². The maximum absolute atomic E-state index is 5.92. The molecular weight excluding hydrogens is 398 g/mol. The summed E-state index contributed by atoms with van der Waals surface area (Å²) < 4.78 is 7.81. The van der Waals surface area contributed by atoms with E-state index in [2.05, 4.69) is 42.3 Å². The highest BCUT2D eigenvalue weighted by Gasteiger charge is 2.17. The van der Waals surface area contributed by atoms with Crippen LogP contribution < -0.4 is 11.3 Å². The Morgan fingerprint density at radius 3 is 2.76 bits per heavy atom. The van der Waals surface area contributed by atoms with Gasteiger partial charge in [0, 0.05) is 28.2 Å². The Morgan fingerprint density at radius 1 is 1.24 bits per heavy atom. The maximum Gasteiger partial charge on any atom is 0.148 e. The molecule has 1 unspecified atom stereocenters. The molecule has 0 aliphatic heterocycles. The minimum Gasteiger partial charge on any atom is -0.458 e. The van der Waals surface area contributed by atoms with Crippen molar-refractivity contribution in [2.24, 2.45) is 5.84 Å². The summed E-state index contributed by atoms with van der Waals surface area (Å²) in [6.45, 7) is 0. The van der Waals surface area contributed by atoms with Crippen molar-refractivity contribution in [1.82, 2.24) is 10.4 Å². The molecule has 3 N–H and O–H groups in total. The molecule has 0 spiro atoms. The van der Waals surface area contributed by atoms with Gasteiger partial charge in [-0.25, -0.2) is 5.43 Å². The van der Waals surface area contributed by atoms with Crippen molar-refractivity contribution >= 4 is 42.8 Å². The van der Waals surface area contributed by atoms with Crippen LogP contribution in [0.25, 0.3) is 11.0 Å². The number of benzene rings is 1. The number of hydrogen-bond acceptors (Lipinski definition) is 4. The molecular formula is C15H13Br2N3O. The summed E-state index contributed by atoms with van der Waals surface area (Å²) in [7, 11) is 0. The third kappa shape index (κ3) is 3.18. The van der Waals surface area contributed by atoms with Crippen molar-refractivity contribution in [3.8, 4) is 0 Å². The fourth-order valence-electron chi connectivity index (χ4n) is 2.20. The molecule has 0 radical (unpaired) electrons. The lowest BCUT2D eigenvalue weighted by Gasteiger charge is -2.12. The number of nitrogens with one attached hydrogen (secondary N) is 1. The van der Waals surface area contributed by atoms with Crippen LogP contribution in [0.15, 0.2) is 56.0 Å². The van der Waals surface area contributed by atoms with E-state index in [9.17, 15) is 0 Å². The Bertz CT molecular complexity index is 755. The van der Waals surface area contributed by atoms with Gasteiger partial charge in [0.2, 0.25) is 0 Å². The van der Waals surface area contributed by atoms with Gasteiger partial charge < -0.3 is 4.42 Å². The molecule has 0 fully saturated rings. The second kappa shape index (κ2) is 6.27. The van der Waals surface area contributed by atoms with E-state index in [1.165, 1.54) is 0 Å². The summed E-state index contributed by atoms with van der Waals surface area (Å²) in [5, 5.41) is 1.04. The molecule has 0 saturated heterocycles. The number of hydrazine groups is 1. The van der Waals surface area contributed by atoms with Crippen LogP contribution in [-0.4, -0.2) is 4.98 Å². The first kappa shape index (κ1) is 14.7. The minimum atomic E-state index is -0.127. The van der Waals surface area contributed by atoms with Crippen LogP contribution in [0.4, 0.5) is 0 Å². The third-order valence-electron chi connectivity index (χ3n) is 3.26. The number of rotatable bonds is 4. The van der Waals surface area contributed by atoms with E-state index < -0.39 is 0 Å². The molecule has 6 heteroatoms. The first-order valence-electron chi connectivity index (χ1n) is 6.42. The van der Waals surface area contributed by atoms with Crippen molar-refractivity contribution in [2.45, 2.75) is 12.5 Å². The van der Waals surface area contributed by atoms with Crippen molar-refractivity contribution < 1.29 is 4.42 Å². The number of halogens is 2. The number of furan rings is 1. The van der Waals surface area contributed by atoms with Gasteiger partial charge in [-0.05, 0) is 56.1 Å². The summed E-state index contributed by atoms with van der Waals surface area (Å²) in [6, 6.07) is 11.8. The molecule has 0 bridgehead atoms. The number of hydrogen-bond donors (Lipinski definition) is 2. The molecule has 0 aliphatic carbocycles. The zero-order valence-electron chi connectivity index (χ0n) is 11.0. The summed E-state index contributed by atoms with van der Waals surface area (Å²) in [6.07, 6.45) is 2.43. The van der Waals surface area contributed by atoms with Gasteiger partial charge in [-0.2, -0.15) is 0 Å². The first-order valence-corrected chi connectivity index (χ1v) is 8.00. The SMILES string of the molecule is NNC(Cc1ccc(Br)cn1)c1cc2cccc(Br)c2o1. The normalized spacial score (nSPS) is 12.7. The van der Waals surface area contributed by atoms with Crippen LogP contribution in [0.1, 0.15) is 17.5 Å². The van der Waals surface area contributed by atoms with Crippen LogP contribution in [-0.2, 0) is 6.42 Å². The lowest BCUT2D eigenvalue weighted by Crippen LogP contribution is -2.29. The highest BCUT2D eigenvalue weighted by molar-refractivity contribution is 9.11. The van der Waals surface area contributed by atoms with Crippen LogP contribution in [0.2, 0.25) is 0 Å². The fraction of sp³-hybridized carbons (Fsp3) is 0.133. The largest absolute Gasteiger partial charge is 0.458 e. The number of para-hydroxylation sites is 1. The van der Waals surface area contributed by atoms with Crippen LogP contribution in [0.3, 0.4) is 0 Å². The molecule has 1 atom stereocenters.